The first-order chi connectivity index (χ1) is 25.5. The molecule has 2 aliphatic heterocycles. The fourth-order valence-corrected chi connectivity index (χ4v) is 13.7. The molecule has 13 heteroatoms. The molecule has 0 bridgehead atoms. The molecule has 0 spiro atoms. The normalized spacial score (nSPS) is 54.5. The van der Waals surface area contributed by atoms with Crippen LogP contribution < -0.4 is 0 Å². The van der Waals surface area contributed by atoms with Gasteiger partial charge in [0.25, 0.3) is 0 Å². The number of aliphatic hydroxyl groups is 7. The highest BCUT2D eigenvalue weighted by atomic mass is 16.8. The first-order valence-corrected chi connectivity index (χ1v) is 20.7. The summed E-state index contributed by atoms with van der Waals surface area (Å²) in [4.78, 5) is 12.2. The van der Waals surface area contributed by atoms with E-state index in [1.165, 1.54) is 0 Å². The molecular formula is C42H68O13. The van der Waals surface area contributed by atoms with Crippen LogP contribution in [-0.4, -0.2) is 127 Å². The Morgan fingerprint density at radius 2 is 1.44 bits per heavy atom. The van der Waals surface area contributed by atoms with Gasteiger partial charge in [-0.3, -0.25) is 0 Å². The number of carboxylic acids is 1. The maximum Gasteiger partial charge on any atom is 0.335 e. The summed E-state index contributed by atoms with van der Waals surface area (Å²) in [5.41, 5.74) is 1.09. The van der Waals surface area contributed by atoms with Crippen LogP contribution in [0.15, 0.2) is 11.6 Å². The lowest BCUT2D eigenvalue weighted by Gasteiger charge is -2.71. The zero-order valence-electron chi connectivity index (χ0n) is 33.9. The lowest BCUT2D eigenvalue weighted by atomic mass is 9.33. The monoisotopic (exact) mass is 780 g/mol. The minimum Gasteiger partial charge on any atom is -0.479 e. The van der Waals surface area contributed by atoms with E-state index in [0.717, 1.165) is 51.4 Å². The van der Waals surface area contributed by atoms with Crippen LogP contribution in [0.5, 0.6) is 0 Å². The second-order valence-electron chi connectivity index (χ2n) is 21.0. The number of aliphatic carboxylic acids is 1. The van der Waals surface area contributed by atoms with Crippen molar-refractivity contribution in [2.24, 2.45) is 50.2 Å². The van der Waals surface area contributed by atoms with E-state index in [-0.39, 0.29) is 39.1 Å². The predicted octanol–water partition coefficient (Wildman–Crippen LogP) is 2.88. The van der Waals surface area contributed by atoms with Crippen LogP contribution >= 0.6 is 0 Å². The van der Waals surface area contributed by atoms with Gasteiger partial charge in [-0.15, -0.1) is 0 Å². The smallest absolute Gasteiger partial charge is 0.335 e. The molecule has 13 nitrogen and oxygen atoms in total. The van der Waals surface area contributed by atoms with Crippen molar-refractivity contribution in [1.29, 1.82) is 0 Å². The molecule has 4 saturated carbocycles. The highest BCUT2D eigenvalue weighted by Crippen LogP contribution is 2.76. The molecule has 314 valence electrons. The number of hydrogen-bond donors (Lipinski definition) is 8. The van der Waals surface area contributed by atoms with Crippen molar-refractivity contribution in [1.82, 2.24) is 0 Å². The van der Waals surface area contributed by atoms with Crippen molar-refractivity contribution in [2.45, 2.75) is 187 Å². The van der Waals surface area contributed by atoms with Crippen LogP contribution in [0.4, 0.5) is 0 Å². The Hall–Kier alpha value is -1.23. The Labute approximate surface area is 325 Å². The average molecular weight is 781 g/mol. The molecule has 0 aromatic carbocycles. The molecule has 19 atom stereocenters. The molecule has 7 aliphatic rings. The molecule has 0 amide bonds. The highest BCUT2D eigenvalue weighted by molar-refractivity contribution is 5.73. The number of fused-ring (bicyclic) bond motifs is 7. The number of carbonyl (C=O) groups is 1. The van der Waals surface area contributed by atoms with Crippen LogP contribution in [0.1, 0.15) is 113 Å². The summed E-state index contributed by atoms with van der Waals surface area (Å²) in [6, 6.07) is 0. The summed E-state index contributed by atoms with van der Waals surface area (Å²) in [6.07, 6.45) is -6.63. The van der Waals surface area contributed by atoms with Crippen LogP contribution in [0, 0.1) is 50.2 Å². The number of rotatable bonds is 6. The molecule has 0 radical (unpaired) electrons. The predicted molar refractivity (Wildman–Crippen MR) is 198 cm³/mol. The second-order valence-corrected chi connectivity index (χ2v) is 21.0. The van der Waals surface area contributed by atoms with Crippen LogP contribution in [0.2, 0.25) is 0 Å². The van der Waals surface area contributed by atoms with Crippen molar-refractivity contribution in [3.8, 4) is 0 Å². The Balaban J connectivity index is 1.15. The standard InChI is InChI=1S/C42H68O13/c1-37(2)17-21-20-9-10-24-40(6)13-12-26(38(3,4)23(40)11-14-42(24,8)41(20,7)16-15-39(21,5)25(44)18-37)53-36-33(30(48)29(47)32(54-36)34(50)51)55-35-31(49)28(46)27(45)22(19-43)52-35/h9,21-33,35-36,43-49H,10-19H2,1-8H3,(H,50,51)/t21-,22-,23?,24?,25+,26?,27-,28+,29+,30+,31-,32+,33-,35+,36-,39-,40+,41-,42-/m1/s1. The fraction of sp³-hybridized carbons (Fsp3) is 0.929. The van der Waals surface area contributed by atoms with Gasteiger partial charge in [-0.2, -0.15) is 0 Å². The average Bonchev–Trinajstić information content (AvgIpc) is 3.10. The number of ether oxygens (including phenoxy) is 4. The highest BCUT2D eigenvalue weighted by Gasteiger charge is 2.69. The van der Waals surface area contributed by atoms with Crippen molar-refractivity contribution in [2.75, 3.05) is 6.61 Å². The molecule has 6 fully saturated rings. The van der Waals surface area contributed by atoms with Crippen molar-refractivity contribution >= 4 is 5.97 Å². The SMILES string of the molecule is CC1(C)C[C@@H]2C3=CCC4[C@@]5(C)CCC(O[C@@H]6O[C@H](C(=O)O)[C@@H](O)[C@H](O)[C@H]6O[C@@H]6O[C@H](CO)[C@@H](O)[C@H](O)[C@H]6O)C(C)(C)C5CC[C@@]4(C)[C@]3(C)CC[C@@]2(C)[C@@H](O)C1. The molecule has 7 rings (SSSR count). The third-order valence-corrected chi connectivity index (χ3v) is 17.3. The Bertz CT molecular complexity index is 1500. The summed E-state index contributed by atoms with van der Waals surface area (Å²) in [5.74, 6) is -0.522. The molecule has 0 aromatic heterocycles. The van der Waals surface area contributed by atoms with E-state index in [4.69, 9.17) is 18.9 Å². The minimum atomic E-state index is -1.92. The van der Waals surface area contributed by atoms with E-state index >= 15 is 0 Å². The Morgan fingerprint density at radius 3 is 2.09 bits per heavy atom. The van der Waals surface area contributed by atoms with Crippen LogP contribution in [0.25, 0.3) is 0 Å². The van der Waals surface area contributed by atoms with Gasteiger partial charge in [0.2, 0.25) is 0 Å². The number of hydrogen-bond acceptors (Lipinski definition) is 12. The van der Waals surface area contributed by atoms with E-state index in [1.807, 2.05) is 0 Å². The van der Waals surface area contributed by atoms with E-state index < -0.39 is 85.5 Å². The zero-order chi connectivity index (χ0) is 40.4. The maximum atomic E-state index is 12.2. The van der Waals surface area contributed by atoms with E-state index in [0.29, 0.717) is 18.3 Å². The number of carboxylic acid groups (broad SMARTS) is 1. The Kier molecular flexibility index (Phi) is 10.6. The first-order valence-electron chi connectivity index (χ1n) is 20.7. The van der Waals surface area contributed by atoms with Crippen molar-refractivity contribution < 1.29 is 64.6 Å². The van der Waals surface area contributed by atoms with Gasteiger partial charge in [0, 0.05) is 5.41 Å². The van der Waals surface area contributed by atoms with Gasteiger partial charge in [0.15, 0.2) is 18.7 Å². The van der Waals surface area contributed by atoms with Gasteiger partial charge in [0.05, 0.1) is 18.8 Å². The van der Waals surface area contributed by atoms with Crippen molar-refractivity contribution in [3.63, 3.8) is 0 Å². The topological polar surface area (TPSA) is 216 Å². The molecule has 2 saturated heterocycles. The van der Waals surface area contributed by atoms with E-state index in [2.05, 4.69) is 61.5 Å². The summed E-state index contributed by atoms with van der Waals surface area (Å²) in [7, 11) is 0. The first kappa shape index (κ1) is 41.9. The molecule has 8 N–H and O–H groups in total. The summed E-state index contributed by atoms with van der Waals surface area (Å²) >= 11 is 0. The van der Waals surface area contributed by atoms with Gasteiger partial charge >= 0.3 is 5.97 Å². The molecule has 5 aliphatic carbocycles. The van der Waals surface area contributed by atoms with Crippen LogP contribution in [0.3, 0.4) is 0 Å². The van der Waals surface area contributed by atoms with Gasteiger partial charge in [-0.1, -0.05) is 67.0 Å². The largest absolute Gasteiger partial charge is 0.479 e. The van der Waals surface area contributed by atoms with Gasteiger partial charge in [0.1, 0.15) is 42.7 Å². The quantitative estimate of drug-likeness (QED) is 0.144. The lowest BCUT2D eigenvalue weighted by molar-refractivity contribution is -0.374. The maximum absolute atomic E-state index is 12.2. The van der Waals surface area contributed by atoms with Crippen molar-refractivity contribution in [3.05, 3.63) is 11.6 Å². The zero-order valence-corrected chi connectivity index (χ0v) is 33.9. The summed E-state index contributed by atoms with van der Waals surface area (Å²) < 4.78 is 24.0. The summed E-state index contributed by atoms with van der Waals surface area (Å²) in [6.45, 7) is 18.1. The minimum absolute atomic E-state index is 0.00638. The van der Waals surface area contributed by atoms with Crippen LogP contribution in [-0.2, 0) is 23.7 Å². The summed E-state index contributed by atoms with van der Waals surface area (Å²) in [5, 5.41) is 84.6. The van der Waals surface area contributed by atoms with Gasteiger partial charge in [-0.25, -0.2) is 4.79 Å². The Morgan fingerprint density at radius 1 is 0.745 bits per heavy atom. The third-order valence-electron chi connectivity index (χ3n) is 17.3. The lowest BCUT2D eigenvalue weighted by Crippen LogP contribution is -2.67. The molecule has 55 heavy (non-hydrogen) atoms. The molecule has 0 aromatic rings. The van der Waals surface area contributed by atoms with E-state index in [1.54, 1.807) is 5.57 Å². The third kappa shape index (κ3) is 6.23. The number of allylic oxidation sites excluding steroid dienone is 2. The van der Waals surface area contributed by atoms with E-state index in [9.17, 15) is 45.6 Å². The molecular weight excluding hydrogens is 712 g/mol. The molecule has 2 heterocycles. The fourth-order valence-electron chi connectivity index (χ4n) is 13.7. The van der Waals surface area contributed by atoms with Gasteiger partial charge in [-0.05, 0) is 103 Å². The second kappa shape index (κ2) is 13.9. The number of aliphatic hydroxyl groups excluding tert-OH is 7. The molecule has 3 unspecified atom stereocenters. The van der Waals surface area contributed by atoms with Gasteiger partial charge < -0.3 is 59.8 Å².